The van der Waals surface area contributed by atoms with Crippen molar-refractivity contribution in [2.45, 2.75) is 12.8 Å². The van der Waals surface area contributed by atoms with E-state index < -0.39 is 24.3 Å². The number of rotatable bonds is 8. The van der Waals surface area contributed by atoms with Crippen LogP contribution < -0.4 is 9.47 Å². The van der Waals surface area contributed by atoms with Crippen LogP contribution in [0, 0.1) is 0 Å². The minimum Gasteiger partial charge on any atom is -0.497 e. The molecule has 0 saturated heterocycles. The first kappa shape index (κ1) is 21.0. The second kappa shape index (κ2) is 9.21. The van der Waals surface area contributed by atoms with Gasteiger partial charge < -0.3 is 14.2 Å². The van der Waals surface area contributed by atoms with Gasteiger partial charge in [-0.2, -0.15) is 0 Å². The SMILES string of the molecule is COc1ccc(OC)c(C(=O)COC(=O)CCN2C(=O)Cc3ccccc3C2=O)c1. The minimum absolute atomic E-state index is 0.102. The van der Waals surface area contributed by atoms with Crippen molar-refractivity contribution in [3.63, 3.8) is 0 Å². The standard InChI is InChI=1S/C22H21NO7/c1-28-15-7-8-19(29-2)17(12-15)18(24)13-30-21(26)9-10-23-20(25)11-14-5-3-4-6-16(14)22(23)27/h3-8,12H,9-11,13H2,1-2H3. The summed E-state index contributed by atoms with van der Waals surface area (Å²) in [6.07, 6.45) is -0.104. The minimum atomic E-state index is -0.690. The summed E-state index contributed by atoms with van der Waals surface area (Å²) in [4.78, 5) is 50.3. The van der Waals surface area contributed by atoms with Crippen LogP contribution in [0.15, 0.2) is 42.5 Å². The van der Waals surface area contributed by atoms with E-state index in [0.29, 0.717) is 22.6 Å². The Morgan fingerprint density at radius 3 is 2.53 bits per heavy atom. The lowest BCUT2D eigenvalue weighted by atomic mass is 9.98. The Morgan fingerprint density at radius 2 is 1.80 bits per heavy atom. The Labute approximate surface area is 173 Å². The van der Waals surface area contributed by atoms with Gasteiger partial charge in [-0.05, 0) is 29.8 Å². The second-order valence-corrected chi connectivity index (χ2v) is 6.58. The number of ketones is 1. The first-order valence-electron chi connectivity index (χ1n) is 9.28. The molecule has 0 bridgehead atoms. The third-order valence-electron chi connectivity index (χ3n) is 4.75. The number of hydrogen-bond acceptors (Lipinski definition) is 7. The molecule has 1 aliphatic heterocycles. The van der Waals surface area contributed by atoms with Crippen LogP contribution in [0.2, 0.25) is 0 Å². The van der Waals surface area contributed by atoms with Gasteiger partial charge in [-0.1, -0.05) is 18.2 Å². The largest absolute Gasteiger partial charge is 0.497 e. The molecule has 2 aromatic carbocycles. The summed E-state index contributed by atoms with van der Waals surface area (Å²) in [6.45, 7) is -0.603. The van der Waals surface area contributed by atoms with Crippen molar-refractivity contribution >= 4 is 23.6 Å². The Morgan fingerprint density at radius 1 is 1.03 bits per heavy atom. The molecule has 2 amide bonds. The van der Waals surface area contributed by atoms with Crippen molar-refractivity contribution in [3.05, 3.63) is 59.2 Å². The molecule has 0 fully saturated rings. The number of hydrogen-bond donors (Lipinski definition) is 0. The van der Waals surface area contributed by atoms with Crippen molar-refractivity contribution in [2.24, 2.45) is 0 Å². The van der Waals surface area contributed by atoms with Crippen LogP contribution >= 0.6 is 0 Å². The number of carbonyl (C=O) groups is 4. The summed E-state index contributed by atoms with van der Waals surface area (Å²) in [5, 5.41) is 0. The highest BCUT2D eigenvalue weighted by molar-refractivity contribution is 6.09. The molecule has 0 unspecified atom stereocenters. The van der Waals surface area contributed by atoms with Gasteiger partial charge in [0.25, 0.3) is 5.91 Å². The molecular weight excluding hydrogens is 390 g/mol. The predicted octanol–water partition coefficient (Wildman–Crippen LogP) is 2.04. The van der Waals surface area contributed by atoms with E-state index in [2.05, 4.69) is 0 Å². The number of carbonyl (C=O) groups excluding carboxylic acids is 4. The second-order valence-electron chi connectivity index (χ2n) is 6.58. The van der Waals surface area contributed by atoms with Gasteiger partial charge in [0.15, 0.2) is 6.61 Å². The van der Waals surface area contributed by atoms with Crippen LogP contribution in [0.25, 0.3) is 0 Å². The van der Waals surface area contributed by atoms with Crippen LogP contribution in [0.3, 0.4) is 0 Å². The first-order chi connectivity index (χ1) is 14.4. The molecular formula is C22H21NO7. The summed E-state index contributed by atoms with van der Waals surface area (Å²) in [5.74, 6) is -1.16. The molecule has 0 radical (unpaired) electrons. The third kappa shape index (κ3) is 4.48. The molecule has 1 aliphatic rings. The lowest BCUT2D eigenvalue weighted by Crippen LogP contribution is -2.43. The van der Waals surface area contributed by atoms with E-state index in [1.807, 2.05) is 0 Å². The Balaban J connectivity index is 1.56. The Bertz CT molecular complexity index is 999. The van der Waals surface area contributed by atoms with Gasteiger partial charge in [0.1, 0.15) is 11.5 Å². The fourth-order valence-electron chi connectivity index (χ4n) is 3.16. The number of amides is 2. The number of esters is 1. The highest BCUT2D eigenvalue weighted by Gasteiger charge is 2.30. The van der Waals surface area contributed by atoms with E-state index in [1.54, 1.807) is 36.4 Å². The van der Waals surface area contributed by atoms with Crippen molar-refractivity contribution in [2.75, 3.05) is 27.4 Å². The van der Waals surface area contributed by atoms with Crippen LogP contribution in [0.4, 0.5) is 0 Å². The van der Waals surface area contributed by atoms with Crippen molar-refractivity contribution in [3.8, 4) is 11.5 Å². The third-order valence-corrected chi connectivity index (χ3v) is 4.75. The zero-order chi connectivity index (χ0) is 21.7. The van der Waals surface area contributed by atoms with Crippen LogP contribution in [0.1, 0.15) is 32.7 Å². The number of methoxy groups -OCH3 is 2. The summed E-state index contributed by atoms with van der Waals surface area (Å²) < 4.78 is 15.3. The van der Waals surface area contributed by atoms with E-state index in [1.165, 1.54) is 20.3 Å². The number of fused-ring (bicyclic) bond motifs is 1. The fourth-order valence-corrected chi connectivity index (χ4v) is 3.16. The van der Waals surface area contributed by atoms with Gasteiger partial charge in [-0.15, -0.1) is 0 Å². The number of benzene rings is 2. The molecule has 30 heavy (non-hydrogen) atoms. The quantitative estimate of drug-likeness (QED) is 0.372. The summed E-state index contributed by atoms with van der Waals surface area (Å²) in [7, 11) is 2.90. The summed E-state index contributed by atoms with van der Waals surface area (Å²) >= 11 is 0. The molecule has 0 atom stereocenters. The van der Waals surface area contributed by atoms with Crippen molar-refractivity contribution in [1.29, 1.82) is 0 Å². The average Bonchev–Trinajstić information content (AvgIpc) is 2.76. The van der Waals surface area contributed by atoms with Crippen LogP contribution in [0.5, 0.6) is 11.5 Å². The molecule has 0 aliphatic carbocycles. The van der Waals surface area contributed by atoms with Gasteiger partial charge in [0.2, 0.25) is 11.7 Å². The molecule has 156 valence electrons. The normalized spacial score (nSPS) is 12.9. The monoisotopic (exact) mass is 411 g/mol. The molecule has 3 rings (SSSR count). The van der Waals surface area contributed by atoms with E-state index in [4.69, 9.17) is 14.2 Å². The summed E-state index contributed by atoms with van der Waals surface area (Å²) in [5.41, 5.74) is 1.34. The molecule has 0 aromatic heterocycles. The van der Waals surface area contributed by atoms with E-state index in [-0.39, 0.29) is 30.9 Å². The molecule has 0 spiro atoms. The van der Waals surface area contributed by atoms with Gasteiger partial charge in [0, 0.05) is 12.1 Å². The van der Waals surface area contributed by atoms with Crippen LogP contribution in [-0.4, -0.2) is 55.8 Å². The maximum absolute atomic E-state index is 12.5. The number of Topliss-reactive ketones (excluding diaryl/α,β-unsaturated/α-hetero) is 1. The maximum Gasteiger partial charge on any atom is 0.308 e. The van der Waals surface area contributed by atoms with Gasteiger partial charge >= 0.3 is 5.97 Å². The highest BCUT2D eigenvalue weighted by Crippen LogP contribution is 2.24. The van der Waals surface area contributed by atoms with Gasteiger partial charge in [-0.3, -0.25) is 24.1 Å². The van der Waals surface area contributed by atoms with Crippen molar-refractivity contribution in [1.82, 2.24) is 4.90 Å². The number of nitrogens with zero attached hydrogens (tertiary/aromatic N) is 1. The Hall–Kier alpha value is -3.68. The maximum atomic E-state index is 12.5. The van der Waals surface area contributed by atoms with Crippen LogP contribution in [-0.2, 0) is 20.7 Å². The van der Waals surface area contributed by atoms with E-state index in [9.17, 15) is 19.2 Å². The number of imide groups is 1. The lowest BCUT2D eigenvalue weighted by molar-refractivity contribution is -0.143. The van der Waals surface area contributed by atoms with Gasteiger partial charge in [-0.25, -0.2) is 0 Å². The Kier molecular flexibility index (Phi) is 6.46. The molecule has 0 saturated carbocycles. The smallest absolute Gasteiger partial charge is 0.308 e. The topological polar surface area (TPSA) is 99.2 Å². The first-order valence-corrected chi connectivity index (χ1v) is 9.28. The van der Waals surface area contributed by atoms with Crippen molar-refractivity contribution < 1.29 is 33.4 Å². The lowest BCUT2D eigenvalue weighted by Gasteiger charge is -2.26. The van der Waals surface area contributed by atoms with Gasteiger partial charge in [0.05, 0.1) is 32.6 Å². The van der Waals surface area contributed by atoms with E-state index in [0.717, 1.165) is 4.90 Å². The average molecular weight is 411 g/mol. The number of ether oxygens (including phenoxy) is 3. The van der Waals surface area contributed by atoms with E-state index >= 15 is 0 Å². The zero-order valence-electron chi connectivity index (χ0n) is 16.7. The molecule has 2 aromatic rings. The fraction of sp³-hybridized carbons (Fsp3) is 0.273. The summed E-state index contributed by atoms with van der Waals surface area (Å²) in [6, 6.07) is 11.6. The molecule has 0 N–H and O–H groups in total. The molecule has 8 heteroatoms. The molecule has 1 heterocycles. The predicted molar refractivity (Wildman–Crippen MR) is 106 cm³/mol. The highest BCUT2D eigenvalue weighted by atomic mass is 16.5. The molecule has 8 nitrogen and oxygen atoms in total. The zero-order valence-corrected chi connectivity index (χ0v) is 16.7.